The van der Waals surface area contributed by atoms with Gasteiger partial charge in [0.1, 0.15) is 0 Å². The van der Waals surface area contributed by atoms with E-state index in [2.05, 4.69) is 15.7 Å². The summed E-state index contributed by atoms with van der Waals surface area (Å²) in [5.41, 5.74) is 2.32. The highest BCUT2D eigenvalue weighted by molar-refractivity contribution is 7.80. The summed E-state index contributed by atoms with van der Waals surface area (Å²) in [4.78, 5) is 11.8. The first-order valence-electron chi connectivity index (χ1n) is 5.73. The van der Waals surface area contributed by atoms with Crippen LogP contribution in [0.15, 0.2) is 36.5 Å². The number of anilines is 1. The second-order valence-electron chi connectivity index (χ2n) is 4.15. The van der Waals surface area contributed by atoms with Crippen LogP contribution in [0.25, 0.3) is 0 Å². The van der Waals surface area contributed by atoms with Crippen molar-refractivity contribution in [3.8, 4) is 0 Å². The molecule has 0 unspecified atom stereocenters. The summed E-state index contributed by atoms with van der Waals surface area (Å²) in [5, 5.41) is 9.77. The summed E-state index contributed by atoms with van der Waals surface area (Å²) < 4.78 is 1.56. The van der Waals surface area contributed by atoms with Crippen molar-refractivity contribution in [3.63, 3.8) is 0 Å². The van der Waals surface area contributed by atoms with E-state index in [9.17, 15) is 4.79 Å². The van der Waals surface area contributed by atoms with Crippen molar-refractivity contribution in [1.29, 1.82) is 0 Å². The molecule has 0 aliphatic heterocycles. The maximum atomic E-state index is 11.8. The Balaban J connectivity index is 1.94. The molecule has 98 valence electrons. The van der Waals surface area contributed by atoms with Crippen LogP contribution in [0.1, 0.15) is 16.1 Å². The molecule has 0 spiro atoms. The lowest BCUT2D eigenvalue weighted by molar-refractivity contribution is 0.0972. The summed E-state index contributed by atoms with van der Waals surface area (Å²) in [6.07, 6.45) is 1.70. The summed E-state index contributed by atoms with van der Waals surface area (Å²) >= 11 is 5.07. The van der Waals surface area contributed by atoms with Crippen molar-refractivity contribution < 1.29 is 4.79 Å². The topological polar surface area (TPSA) is 58.9 Å². The van der Waals surface area contributed by atoms with Gasteiger partial charge >= 0.3 is 0 Å². The molecule has 19 heavy (non-hydrogen) atoms. The van der Waals surface area contributed by atoms with Gasteiger partial charge in [0, 0.05) is 18.9 Å². The molecule has 1 amide bonds. The van der Waals surface area contributed by atoms with E-state index in [-0.39, 0.29) is 11.0 Å². The van der Waals surface area contributed by atoms with E-state index in [0.717, 1.165) is 11.3 Å². The molecule has 5 nitrogen and oxygen atoms in total. The van der Waals surface area contributed by atoms with Crippen LogP contribution in [0.2, 0.25) is 0 Å². The van der Waals surface area contributed by atoms with E-state index in [1.807, 2.05) is 31.2 Å². The Bertz CT molecular complexity index is 603. The number of nitrogens with zero attached hydrogens (tertiary/aromatic N) is 2. The number of rotatable bonds is 2. The van der Waals surface area contributed by atoms with Crippen LogP contribution in [0, 0.1) is 6.92 Å². The molecular weight excluding hydrogens is 260 g/mol. The van der Waals surface area contributed by atoms with Crippen LogP contribution in [-0.2, 0) is 7.05 Å². The predicted octanol–water partition coefficient (Wildman–Crippen LogP) is 1.86. The van der Waals surface area contributed by atoms with E-state index in [4.69, 9.17) is 12.2 Å². The molecule has 0 saturated carbocycles. The van der Waals surface area contributed by atoms with E-state index in [1.54, 1.807) is 24.0 Å². The fourth-order valence-electron chi connectivity index (χ4n) is 1.50. The van der Waals surface area contributed by atoms with Crippen LogP contribution in [0.5, 0.6) is 0 Å². The third kappa shape index (κ3) is 3.62. The van der Waals surface area contributed by atoms with Crippen molar-refractivity contribution in [3.05, 3.63) is 47.8 Å². The largest absolute Gasteiger partial charge is 0.332 e. The van der Waals surface area contributed by atoms with Crippen LogP contribution >= 0.6 is 12.2 Å². The molecule has 6 heteroatoms. The van der Waals surface area contributed by atoms with Crippen molar-refractivity contribution in [2.75, 3.05) is 5.32 Å². The molecule has 2 N–H and O–H groups in total. The minimum absolute atomic E-state index is 0.250. The third-order valence-electron chi connectivity index (χ3n) is 2.48. The molecule has 0 fully saturated rings. The van der Waals surface area contributed by atoms with Gasteiger partial charge in [-0.3, -0.25) is 14.8 Å². The molecule has 2 aromatic rings. The molecule has 1 aromatic carbocycles. The van der Waals surface area contributed by atoms with E-state index < -0.39 is 0 Å². The zero-order valence-electron chi connectivity index (χ0n) is 10.7. The Morgan fingerprint density at radius 3 is 2.53 bits per heavy atom. The van der Waals surface area contributed by atoms with Crippen molar-refractivity contribution in [2.45, 2.75) is 6.92 Å². The summed E-state index contributed by atoms with van der Waals surface area (Å²) in [7, 11) is 1.75. The Kier molecular flexibility index (Phi) is 3.91. The van der Waals surface area contributed by atoms with Gasteiger partial charge in [-0.25, -0.2) is 0 Å². The summed E-state index contributed by atoms with van der Waals surface area (Å²) in [6.45, 7) is 2.00. The third-order valence-corrected chi connectivity index (χ3v) is 2.69. The SMILES string of the molecule is Cc1ccc(NC(=S)NC(=O)c2ccn(C)n2)cc1. The summed E-state index contributed by atoms with van der Waals surface area (Å²) in [6, 6.07) is 9.35. The van der Waals surface area contributed by atoms with Gasteiger partial charge in [0.05, 0.1) is 0 Å². The number of hydrogen-bond donors (Lipinski definition) is 2. The van der Waals surface area contributed by atoms with Gasteiger partial charge in [-0.05, 0) is 37.3 Å². The fraction of sp³-hybridized carbons (Fsp3) is 0.154. The number of aromatic nitrogens is 2. The second-order valence-corrected chi connectivity index (χ2v) is 4.56. The quantitative estimate of drug-likeness (QED) is 0.821. The van der Waals surface area contributed by atoms with Crippen molar-refractivity contribution >= 4 is 28.9 Å². The van der Waals surface area contributed by atoms with Gasteiger partial charge in [-0.2, -0.15) is 5.10 Å². The lowest BCUT2D eigenvalue weighted by Gasteiger charge is -2.08. The van der Waals surface area contributed by atoms with Crippen LogP contribution in [0.3, 0.4) is 0 Å². The molecular formula is C13H14N4OS. The highest BCUT2D eigenvalue weighted by atomic mass is 32.1. The molecule has 0 atom stereocenters. The van der Waals surface area contributed by atoms with Crippen molar-refractivity contribution in [2.24, 2.45) is 7.05 Å². The molecule has 1 aromatic heterocycles. The Hall–Kier alpha value is -2.21. The number of aryl methyl sites for hydroxylation is 2. The zero-order chi connectivity index (χ0) is 13.8. The number of benzene rings is 1. The van der Waals surface area contributed by atoms with Gasteiger partial charge in [0.15, 0.2) is 10.8 Å². The first kappa shape index (κ1) is 13.2. The number of amides is 1. The van der Waals surface area contributed by atoms with Crippen molar-refractivity contribution in [1.82, 2.24) is 15.1 Å². The van der Waals surface area contributed by atoms with E-state index >= 15 is 0 Å². The molecule has 0 saturated heterocycles. The number of carbonyl (C=O) groups is 1. The van der Waals surface area contributed by atoms with E-state index in [1.165, 1.54) is 0 Å². The van der Waals surface area contributed by atoms with Gasteiger partial charge in [-0.1, -0.05) is 17.7 Å². The molecule has 0 aliphatic carbocycles. The maximum Gasteiger partial charge on any atom is 0.277 e. The standard InChI is InChI=1S/C13H14N4OS/c1-9-3-5-10(6-4-9)14-13(19)15-12(18)11-7-8-17(2)16-11/h3-8H,1-2H3,(H2,14,15,18,19). The van der Waals surface area contributed by atoms with Gasteiger partial charge < -0.3 is 5.32 Å². The molecule has 0 bridgehead atoms. The van der Waals surface area contributed by atoms with Crippen LogP contribution < -0.4 is 10.6 Å². The zero-order valence-corrected chi connectivity index (χ0v) is 11.5. The number of thiocarbonyl (C=S) groups is 1. The highest BCUT2D eigenvalue weighted by Gasteiger charge is 2.10. The fourth-order valence-corrected chi connectivity index (χ4v) is 1.71. The summed E-state index contributed by atoms with van der Waals surface area (Å²) in [5.74, 6) is -0.329. The Morgan fingerprint density at radius 2 is 1.95 bits per heavy atom. The molecule has 1 heterocycles. The maximum absolute atomic E-state index is 11.8. The first-order chi connectivity index (χ1) is 9.04. The molecule has 2 rings (SSSR count). The monoisotopic (exact) mass is 274 g/mol. The van der Waals surface area contributed by atoms with E-state index in [0.29, 0.717) is 5.69 Å². The average molecular weight is 274 g/mol. The minimum Gasteiger partial charge on any atom is -0.332 e. The van der Waals surface area contributed by atoms with Crippen LogP contribution in [0.4, 0.5) is 5.69 Å². The smallest absolute Gasteiger partial charge is 0.277 e. The minimum atomic E-state index is -0.329. The normalized spacial score (nSPS) is 10.0. The number of carbonyl (C=O) groups excluding carboxylic acids is 1. The lowest BCUT2D eigenvalue weighted by atomic mass is 10.2. The number of hydrogen-bond acceptors (Lipinski definition) is 3. The predicted molar refractivity (Wildman–Crippen MR) is 78.1 cm³/mol. The van der Waals surface area contributed by atoms with Gasteiger partial charge in [0.25, 0.3) is 5.91 Å². The Labute approximate surface area is 116 Å². The Morgan fingerprint density at radius 1 is 1.26 bits per heavy atom. The molecule has 0 aliphatic rings. The average Bonchev–Trinajstić information content (AvgIpc) is 2.79. The van der Waals surface area contributed by atoms with Crippen LogP contribution in [-0.4, -0.2) is 20.8 Å². The lowest BCUT2D eigenvalue weighted by Crippen LogP contribution is -2.34. The van der Waals surface area contributed by atoms with Gasteiger partial charge in [0.2, 0.25) is 0 Å². The molecule has 0 radical (unpaired) electrons. The first-order valence-corrected chi connectivity index (χ1v) is 6.14. The number of nitrogens with one attached hydrogen (secondary N) is 2. The second kappa shape index (κ2) is 5.62. The van der Waals surface area contributed by atoms with Gasteiger partial charge in [-0.15, -0.1) is 0 Å². The highest BCUT2D eigenvalue weighted by Crippen LogP contribution is 2.08.